The Bertz CT molecular complexity index is 2010. The lowest BCUT2D eigenvalue weighted by molar-refractivity contribution is -0.146. The first-order valence-electron chi connectivity index (χ1n) is 16.3. The Hall–Kier alpha value is -4.76. The third kappa shape index (κ3) is 7.62. The van der Waals surface area contributed by atoms with Gasteiger partial charge in [-0.15, -0.1) is 11.8 Å². The SMILES string of the molecule is COc1ccc(-c2ccc(Cn3c(CC(C)(C)C(=O)O)c(SC(C)(C)C)c4cc(OCC5(F)C=Cc6ccccc6N5)ccc43)cc2)cn1. The first-order chi connectivity index (χ1) is 23.2. The van der Waals surface area contributed by atoms with Crippen LogP contribution in [-0.4, -0.2) is 44.9 Å². The summed E-state index contributed by atoms with van der Waals surface area (Å²) in [5.74, 6) is -1.64. The number of carboxylic acids is 1. The van der Waals surface area contributed by atoms with Gasteiger partial charge in [0.15, 0.2) is 0 Å². The van der Waals surface area contributed by atoms with E-state index in [1.165, 1.54) is 6.08 Å². The molecule has 2 N–H and O–H groups in total. The summed E-state index contributed by atoms with van der Waals surface area (Å²) in [6, 6.07) is 25.5. The Labute approximate surface area is 291 Å². The van der Waals surface area contributed by atoms with Gasteiger partial charge < -0.3 is 24.5 Å². The number of fused-ring (bicyclic) bond motifs is 2. The number of rotatable bonds is 11. The number of nitrogens with zero attached hydrogens (tertiary/aromatic N) is 2. The highest BCUT2D eigenvalue weighted by Crippen LogP contribution is 2.44. The number of alkyl halides is 1. The van der Waals surface area contributed by atoms with Crippen LogP contribution in [0.15, 0.2) is 96.0 Å². The third-order valence-corrected chi connectivity index (χ3v) is 9.81. The molecule has 0 bridgehead atoms. The normalized spacial score (nSPS) is 15.9. The summed E-state index contributed by atoms with van der Waals surface area (Å²) in [6.07, 6.45) is 5.38. The van der Waals surface area contributed by atoms with Gasteiger partial charge in [0.05, 0.1) is 12.5 Å². The molecule has 9 heteroatoms. The first-order valence-corrected chi connectivity index (χ1v) is 17.1. The van der Waals surface area contributed by atoms with Gasteiger partial charge in [0, 0.05) is 62.7 Å². The van der Waals surface area contributed by atoms with Gasteiger partial charge in [0.25, 0.3) is 0 Å². The molecule has 1 aliphatic rings. The van der Waals surface area contributed by atoms with Crippen LogP contribution in [0.3, 0.4) is 0 Å². The number of nitrogens with one attached hydrogen (secondary N) is 1. The number of aliphatic carboxylic acids is 1. The van der Waals surface area contributed by atoms with Crippen LogP contribution < -0.4 is 14.8 Å². The monoisotopic (exact) mass is 679 g/mol. The molecule has 0 fully saturated rings. The fraction of sp³-hybridized carbons (Fsp3) is 0.300. The largest absolute Gasteiger partial charge is 0.488 e. The molecule has 7 nitrogen and oxygen atoms in total. The minimum atomic E-state index is -1.87. The van der Waals surface area contributed by atoms with Crippen LogP contribution in [0.5, 0.6) is 11.6 Å². The van der Waals surface area contributed by atoms with E-state index in [0.717, 1.165) is 43.7 Å². The molecule has 0 spiro atoms. The van der Waals surface area contributed by atoms with Gasteiger partial charge in [0.2, 0.25) is 11.7 Å². The highest BCUT2D eigenvalue weighted by molar-refractivity contribution is 8.00. The van der Waals surface area contributed by atoms with Gasteiger partial charge in [-0.1, -0.05) is 69.3 Å². The maximum absolute atomic E-state index is 15.9. The summed E-state index contributed by atoms with van der Waals surface area (Å²) < 4.78 is 29.3. The second kappa shape index (κ2) is 13.3. The van der Waals surface area contributed by atoms with Crippen molar-refractivity contribution in [3.63, 3.8) is 0 Å². The number of carbonyl (C=O) groups is 1. The topological polar surface area (TPSA) is 85.6 Å². The maximum atomic E-state index is 15.9. The van der Waals surface area contributed by atoms with Gasteiger partial charge >= 0.3 is 5.97 Å². The molecule has 5 aromatic rings. The van der Waals surface area contributed by atoms with Gasteiger partial charge in [-0.2, -0.15) is 0 Å². The fourth-order valence-corrected chi connectivity index (χ4v) is 7.08. The predicted molar refractivity (Wildman–Crippen MR) is 196 cm³/mol. The average Bonchev–Trinajstić information content (AvgIpc) is 3.33. The van der Waals surface area contributed by atoms with E-state index in [0.29, 0.717) is 30.3 Å². The van der Waals surface area contributed by atoms with E-state index in [9.17, 15) is 9.90 Å². The number of thioether (sulfide) groups is 1. The second-order valence-corrected chi connectivity index (χ2v) is 15.9. The average molecular weight is 680 g/mol. The number of methoxy groups -OCH3 is 1. The number of para-hydroxylation sites is 1. The van der Waals surface area contributed by atoms with Crippen LogP contribution in [0.2, 0.25) is 0 Å². The lowest BCUT2D eigenvalue weighted by Gasteiger charge is -2.28. The Morgan fingerprint density at radius 1 is 1.00 bits per heavy atom. The minimum absolute atomic E-state index is 0.167. The van der Waals surface area contributed by atoms with Crippen LogP contribution in [0, 0.1) is 5.41 Å². The quantitative estimate of drug-likeness (QED) is 0.106. The smallest absolute Gasteiger partial charge is 0.309 e. The van der Waals surface area contributed by atoms with Crippen LogP contribution in [-0.2, 0) is 17.8 Å². The number of ether oxygens (including phenoxy) is 2. The summed E-state index contributed by atoms with van der Waals surface area (Å²) in [4.78, 5) is 17.8. The molecule has 6 rings (SSSR count). The molecule has 254 valence electrons. The summed E-state index contributed by atoms with van der Waals surface area (Å²) in [5, 5.41) is 14.1. The van der Waals surface area contributed by atoms with E-state index >= 15 is 4.39 Å². The van der Waals surface area contributed by atoms with Crippen molar-refractivity contribution in [3.05, 3.63) is 108 Å². The zero-order valence-electron chi connectivity index (χ0n) is 28.7. The molecule has 3 aromatic carbocycles. The van der Waals surface area contributed by atoms with Crippen LogP contribution in [0.1, 0.15) is 51.4 Å². The zero-order chi connectivity index (χ0) is 35.0. The highest BCUT2D eigenvalue weighted by atomic mass is 32.2. The van der Waals surface area contributed by atoms with Crippen molar-refractivity contribution in [2.24, 2.45) is 5.41 Å². The molecule has 0 saturated heterocycles. The molecule has 1 atom stereocenters. The van der Waals surface area contributed by atoms with Crippen LogP contribution in [0.25, 0.3) is 28.1 Å². The number of anilines is 1. The predicted octanol–water partition coefficient (Wildman–Crippen LogP) is 9.49. The Kier molecular flexibility index (Phi) is 9.24. The van der Waals surface area contributed by atoms with Crippen molar-refractivity contribution in [3.8, 4) is 22.8 Å². The van der Waals surface area contributed by atoms with E-state index in [1.54, 1.807) is 45.0 Å². The molecule has 2 aromatic heterocycles. The number of hydrogen-bond donors (Lipinski definition) is 2. The standard InChI is InChI=1S/C40H42FN3O4S/c1-38(2,3)49-36-31-21-30(48-25-40(41)20-19-28-9-7-8-10-32(28)43-40)16-17-33(31)44(34(36)22-39(4,5)37(45)46)24-26-11-13-27(14-12-26)29-15-18-35(47-6)42-23-29/h7-21,23,43H,22,24-25H2,1-6H3,(H,45,46). The van der Waals surface area contributed by atoms with Crippen molar-refractivity contribution in [1.29, 1.82) is 0 Å². The second-order valence-electron chi connectivity index (χ2n) is 14.1. The Morgan fingerprint density at radius 2 is 1.73 bits per heavy atom. The number of pyridine rings is 1. The third-order valence-electron chi connectivity index (χ3n) is 8.54. The minimum Gasteiger partial charge on any atom is -0.488 e. The van der Waals surface area contributed by atoms with Crippen LogP contribution in [0.4, 0.5) is 10.1 Å². The van der Waals surface area contributed by atoms with E-state index in [-0.39, 0.29) is 11.4 Å². The molecule has 0 amide bonds. The van der Waals surface area contributed by atoms with Crippen molar-refractivity contribution in [2.45, 2.75) is 63.0 Å². The Balaban J connectivity index is 1.37. The molecule has 3 heterocycles. The number of aromatic nitrogens is 2. The lowest BCUT2D eigenvalue weighted by Crippen LogP contribution is -2.39. The van der Waals surface area contributed by atoms with Crippen molar-refractivity contribution < 1.29 is 23.8 Å². The molecule has 0 aliphatic carbocycles. The lowest BCUT2D eigenvalue weighted by atomic mass is 9.88. The van der Waals surface area contributed by atoms with Crippen molar-refractivity contribution in [2.75, 3.05) is 19.0 Å². The number of benzene rings is 3. The van der Waals surface area contributed by atoms with Gasteiger partial charge in [-0.05, 0) is 66.9 Å². The molecule has 1 unspecified atom stereocenters. The van der Waals surface area contributed by atoms with E-state index in [2.05, 4.69) is 59.9 Å². The molecule has 49 heavy (non-hydrogen) atoms. The van der Waals surface area contributed by atoms with Gasteiger partial charge in [-0.3, -0.25) is 4.79 Å². The number of carboxylic acid groups (broad SMARTS) is 1. The first kappa shape index (κ1) is 34.1. The highest BCUT2D eigenvalue weighted by Gasteiger charge is 2.34. The molecular weight excluding hydrogens is 638 g/mol. The number of halogens is 1. The van der Waals surface area contributed by atoms with E-state index in [1.807, 2.05) is 54.6 Å². The van der Waals surface area contributed by atoms with E-state index < -0.39 is 17.2 Å². The van der Waals surface area contributed by atoms with Gasteiger partial charge in [0.1, 0.15) is 12.4 Å². The zero-order valence-corrected chi connectivity index (χ0v) is 29.5. The van der Waals surface area contributed by atoms with E-state index in [4.69, 9.17) is 9.47 Å². The molecule has 1 aliphatic heterocycles. The molecular formula is C40H42FN3O4S. The van der Waals surface area contributed by atoms with Gasteiger partial charge in [-0.25, -0.2) is 9.37 Å². The summed E-state index contributed by atoms with van der Waals surface area (Å²) in [6.45, 7) is 10.3. The molecule has 0 radical (unpaired) electrons. The Morgan fingerprint density at radius 3 is 2.41 bits per heavy atom. The summed E-state index contributed by atoms with van der Waals surface area (Å²) in [5.41, 5.74) is 5.61. The fourth-order valence-electron chi connectivity index (χ4n) is 5.89. The van der Waals surface area contributed by atoms with Crippen LogP contribution >= 0.6 is 11.8 Å². The van der Waals surface area contributed by atoms with Crippen molar-refractivity contribution in [1.82, 2.24) is 9.55 Å². The van der Waals surface area contributed by atoms with Crippen molar-refractivity contribution >= 4 is 40.4 Å². The maximum Gasteiger partial charge on any atom is 0.309 e. The molecule has 0 saturated carbocycles. The number of hydrogen-bond acceptors (Lipinski definition) is 6. The summed E-state index contributed by atoms with van der Waals surface area (Å²) in [7, 11) is 1.60. The summed E-state index contributed by atoms with van der Waals surface area (Å²) >= 11 is 1.71.